The quantitative estimate of drug-likeness (QED) is 0.178. The van der Waals surface area contributed by atoms with Crippen LogP contribution in [0.1, 0.15) is 22.3 Å². The predicted molar refractivity (Wildman–Crippen MR) is 251 cm³/mol. The summed E-state index contributed by atoms with van der Waals surface area (Å²) in [5, 5.41) is 2.14. The van der Waals surface area contributed by atoms with Crippen LogP contribution in [0.2, 0.25) is 0 Å². The third-order valence-electron chi connectivity index (χ3n) is 13.0. The van der Waals surface area contributed by atoms with Crippen LogP contribution in [0, 0.1) is 0 Å². The van der Waals surface area contributed by atoms with Gasteiger partial charge >= 0.3 is 0 Å². The first kappa shape index (κ1) is 34.6. The van der Waals surface area contributed by atoms with Crippen molar-refractivity contribution in [3.8, 4) is 78.7 Å². The number of aromatic nitrogens is 3. The molecule has 0 aliphatic heterocycles. The van der Waals surface area contributed by atoms with Crippen molar-refractivity contribution in [3.63, 3.8) is 0 Å². The summed E-state index contributed by atoms with van der Waals surface area (Å²) in [6, 6.07) is 75.9. The van der Waals surface area contributed by atoms with Crippen molar-refractivity contribution in [1.82, 2.24) is 15.0 Å². The van der Waals surface area contributed by atoms with E-state index in [1.807, 2.05) is 24.3 Å². The molecule has 2 aromatic heterocycles. The summed E-state index contributed by atoms with van der Waals surface area (Å²) in [7, 11) is 0. The maximum Gasteiger partial charge on any atom is 0.164 e. The Labute approximate surface area is 358 Å². The Balaban J connectivity index is 1.07. The summed E-state index contributed by atoms with van der Waals surface area (Å²) in [5.41, 5.74) is 18.4. The number of furan rings is 1. The van der Waals surface area contributed by atoms with Crippen LogP contribution in [0.5, 0.6) is 0 Å². The maximum atomic E-state index is 6.37. The van der Waals surface area contributed by atoms with E-state index in [4.69, 9.17) is 19.4 Å². The molecular formula is C58H35N3O. The van der Waals surface area contributed by atoms with Crippen molar-refractivity contribution in [2.24, 2.45) is 0 Å². The topological polar surface area (TPSA) is 51.8 Å². The van der Waals surface area contributed by atoms with Crippen LogP contribution in [0.4, 0.5) is 0 Å². The summed E-state index contributed by atoms with van der Waals surface area (Å²) in [6.45, 7) is 0. The number of nitrogens with zero attached hydrogens (tertiary/aromatic N) is 3. The summed E-state index contributed by atoms with van der Waals surface area (Å²) in [6.07, 6.45) is 0. The second-order valence-electron chi connectivity index (χ2n) is 16.3. The maximum absolute atomic E-state index is 6.37. The molecular weight excluding hydrogens is 755 g/mol. The largest absolute Gasteiger partial charge is 0.456 e. The van der Waals surface area contributed by atoms with Crippen LogP contribution in [0.3, 0.4) is 0 Å². The first-order chi connectivity index (χ1) is 30.7. The molecule has 288 valence electrons. The van der Waals surface area contributed by atoms with E-state index in [0.29, 0.717) is 17.5 Å². The standard InChI is InChI=1S/C58H35N3O/c1-2-14-36(15-3-1)37-26-28-38(29-27-37)55-59-56(61-57(60-55)40-31-33-48-47-21-9-13-25-53(47)62-54(48)35-40)39-30-32-46-42-17-5-4-16-41(42)43-18-6-10-22-49(43)58(52(46)34-39)50-23-11-7-19-44(50)45-20-8-12-24-51(45)58/h1-35H. The Morgan fingerprint density at radius 2 is 0.694 bits per heavy atom. The van der Waals surface area contributed by atoms with Gasteiger partial charge in [-0.05, 0) is 91.0 Å². The van der Waals surface area contributed by atoms with Gasteiger partial charge in [0, 0.05) is 27.5 Å². The van der Waals surface area contributed by atoms with Gasteiger partial charge in [0.1, 0.15) is 11.2 Å². The van der Waals surface area contributed by atoms with E-state index in [-0.39, 0.29) is 0 Å². The van der Waals surface area contributed by atoms with Crippen molar-refractivity contribution in [2.75, 3.05) is 0 Å². The first-order valence-electron chi connectivity index (χ1n) is 21.1. The lowest BCUT2D eigenvalue weighted by molar-refractivity contribution is 0.669. The second kappa shape index (κ2) is 13.4. The lowest BCUT2D eigenvalue weighted by atomic mass is 9.65. The molecule has 1 spiro atoms. The molecule has 0 saturated carbocycles. The molecule has 4 nitrogen and oxygen atoms in total. The summed E-state index contributed by atoms with van der Waals surface area (Å²) in [5.74, 6) is 1.78. The zero-order chi connectivity index (χ0) is 40.8. The van der Waals surface area contributed by atoms with Gasteiger partial charge in [0.2, 0.25) is 0 Å². The number of para-hydroxylation sites is 1. The minimum atomic E-state index is -0.619. The Bertz CT molecular complexity index is 3540. The molecule has 62 heavy (non-hydrogen) atoms. The molecule has 0 fully saturated rings. The van der Waals surface area contributed by atoms with Gasteiger partial charge in [0.05, 0.1) is 5.41 Å². The normalized spacial score (nSPS) is 13.0. The minimum Gasteiger partial charge on any atom is -0.456 e. The summed E-state index contributed by atoms with van der Waals surface area (Å²) >= 11 is 0. The van der Waals surface area contributed by atoms with Gasteiger partial charge in [0.25, 0.3) is 0 Å². The number of rotatable bonds is 4. The van der Waals surface area contributed by atoms with Crippen LogP contribution >= 0.6 is 0 Å². The molecule has 0 radical (unpaired) electrons. The number of hydrogen-bond acceptors (Lipinski definition) is 4. The van der Waals surface area contributed by atoms with E-state index in [2.05, 4.69) is 188 Å². The fraction of sp³-hybridized carbons (Fsp3) is 0.0172. The third kappa shape index (κ3) is 5.04. The highest BCUT2D eigenvalue weighted by Crippen LogP contribution is 2.61. The van der Waals surface area contributed by atoms with Crippen LogP contribution in [0.25, 0.3) is 101 Å². The van der Waals surface area contributed by atoms with Crippen molar-refractivity contribution >= 4 is 21.9 Å². The second-order valence-corrected chi connectivity index (χ2v) is 16.3. The Hall–Kier alpha value is -8.21. The summed E-state index contributed by atoms with van der Waals surface area (Å²) in [4.78, 5) is 15.8. The van der Waals surface area contributed by atoms with E-state index in [0.717, 1.165) is 49.8 Å². The average Bonchev–Trinajstić information content (AvgIpc) is 3.84. The molecule has 0 bridgehead atoms. The van der Waals surface area contributed by atoms with Gasteiger partial charge in [-0.15, -0.1) is 0 Å². The van der Waals surface area contributed by atoms with E-state index < -0.39 is 5.41 Å². The zero-order valence-electron chi connectivity index (χ0n) is 33.5. The highest BCUT2D eigenvalue weighted by molar-refractivity contribution is 6.06. The van der Waals surface area contributed by atoms with E-state index in [9.17, 15) is 0 Å². The Morgan fingerprint density at radius 3 is 1.34 bits per heavy atom. The van der Waals surface area contributed by atoms with Gasteiger partial charge < -0.3 is 4.42 Å². The smallest absolute Gasteiger partial charge is 0.164 e. The molecule has 0 atom stereocenters. The van der Waals surface area contributed by atoms with Crippen LogP contribution in [0.15, 0.2) is 217 Å². The molecule has 0 amide bonds. The lowest BCUT2D eigenvalue weighted by Gasteiger charge is -2.35. The SMILES string of the molecule is c1ccc(-c2ccc(-c3nc(-c4ccc5c(c4)C4(c6ccccc6-c6ccccc6-5)c5ccccc5-c5ccccc54)nc(-c4ccc5c(c4)oc4ccccc45)n3)cc2)cc1. The van der Waals surface area contributed by atoms with Gasteiger partial charge in [-0.2, -0.15) is 0 Å². The lowest BCUT2D eigenvalue weighted by Crippen LogP contribution is -2.29. The molecule has 0 unspecified atom stereocenters. The van der Waals surface area contributed by atoms with E-state index in [1.54, 1.807) is 0 Å². The molecule has 0 N–H and O–H groups in total. The molecule has 2 aliphatic carbocycles. The van der Waals surface area contributed by atoms with Gasteiger partial charge in [0.15, 0.2) is 17.5 Å². The molecule has 0 saturated heterocycles. The van der Waals surface area contributed by atoms with Crippen molar-refractivity contribution in [1.29, 1.82) is 0 Å². The van der Waals surface area contributed by atoms with Crippen molar-refractivity contribution in [2.45, 2.75) is 5.41 Å². The number of fused-ring (bicyclic) bond motifs is 15. The number of hydrogen-bond donors (Lipinski definition) is 0. The van der Waals surface area contributed by atoms with Crippen LogP contribution in [-0.2, 0) is 5.41 Å². The predicted octanol–water partition coefficient (Wildman–Crippen LogP) is 14.4. The Kier molecular flexibility index (Phi) is 7.49. The molecule has 2 heterocycles. The minimum absolute atomic E-state index is 0.580. The van der Waals surface area contributed by atoms with Gasteiger partial charge in [-0.1, -0.05) is 188 Å². The molecule has 2 aliphatic rings. The zero-order valence-corrected chi connectivity index (χ0v) is 33.5. The monoisotopic (exact) mass is 789 g/mol. The molecule has 11 aromatic rings. The van der Waals surface area contributed by atoms with E-state index >= 15 is 0 Å². The molecule has 13 rings (SSSR count). The highest BCUT2D eigenvalue weighted by Gasteiger charge is 2.49. The van der Waals surface area contributed by atoms with Crippen LogP contribution in [-0.4, -0.2) is 15.0 Å². The third-order valence-corrected chi connectivity index (χ3v) is 13.0. The fourth-order valence-corrected chi connectivity index (χ4v) is 10.3. The highest BCUT2D eigenvalue weighted by atomic mass is 16.3. The fourth-order valence-electron chi connectivity index (χ4n) is 10.3. The van der Waals surface area contributed by atoms with Crippen molar-refractivity contribution < 1.29 is 4.42 Å². The average molecular weight is 790 g/mol. The van der Waals surface area contributed by atoms with Crippen LogP contribution < -0.4 is 0 Å². The van der Waals surface area contributed by atoms with Gasteiger partial charge in [-0.25, -0.2) is 15.0 Å². The summed E-state index contributed by atoms with van der Waals surface area (Å²) < 4.78 is 6.37. The number of benzene rings is 9. The van der Waals surface area contributed by atoms with Gasteiger partial charge in [-0.3, -0.25) is 0 Å². The molecule has 9 aromatic carbocycles. The van der Waals surface area contributed by atoms with Crippen molar-refractivity contribution in [3.05, 3.63) is 235 Å². The molecule has 4 heteroatoms. The first-order valence-corrected chi connectivity index (χ1v) is 21.1. The Morgan fingerprint density at radius 1 is 0.274 bits per heavy atom. The van der Waals surface area contributed by atoms with E-state index in [1.165, 1.54) is 55.6 Å².